The van der Waals surface area contributed by atoms with Crippen molar-refractivity contribution in [2.24, 2.45) is 5.73 Å². The van der Waals surface area contributed by atoms with Crippen molar-refractivity contribution in [3.63, 3.8) is 0 Å². The van der Waals surface area contributed by atoms with E-state index in [1.54, 1.807) is 0 Å². The number of phosphoric ester groups is 1. The van der Waals surface area contributed by atoms with E-state index in [1.807, 2.05) is 0 Å². The van der Waals surface area contributed by atoms with E-state index in [0.29, 0.717) is 13.0 Å². The molecule has 0 spiro atoms. The van der Waals surface area contributed by atoms with Gasteiger partial charge in [0.25, 0.3) is 0 Å². The number of unbranched alkanes of at least 4 members (excludes halogenated alkanes) is 21. The first kappa shape index (κ1) is 47.0. The predicted molar refractivity (Wildman–Crippen MR) is 201 cm³/mol. The number of esters is 1. The summed E-state index contributed by atoms with van der Waals surface area (Å²) in [5.41, 5.74) is 5.34. The summed E-state index contributed by atoms with van der Waals surface area (Å²) in [5, 5.41) is 0. The van der Waals surface area contributed by atoms with Crippen molar-refractivity contribution in [2.75, 3.05) is 33.0 Å². The van der Waals surface area contributed by atoms with E-state index in [1.165, 1.54) is 122 Å². The monoisotopic (exact) mass is 702 g/mol. The maximum atomic E-state index is 12.5. The van der Waals surface area contributed by atoms with E-state index in [0.717, 1.165) is 38.5 Å². The number of rotatable bonds is 38. The maximum absolute atomic E-state index is 12.5. The van der Waals surface area contributed by atoms with Crippen molar-refractivity contribution in [1.29, 1.82) is 0 Å². The fourth-order valence-electron chi connectivity index (χ4n) is 5.44. The number of allylic oxidation sites excluding steroid dienone is 4. The summed E-state index contributed by atoms with van der Waals surface area (Å²) in [6.07, 6.45) is 39.3. The number of nitrogens with two attached hydrogens (primary N) is 1. The molecule has 0 rings (SSSR count). The Morgan fingerprint density at radius 2 is 1.10 bits per heavy atom. The van der Waals surface area contributed by atoms with Gasteiger partial charge in [0.05, 0.1) is 19.8 Å². The SMILES string of the molecule is CCCCCCC/C=C\C/C=C\CCCCCCCCCCCCCC(=O)OC(COCCCCCCCC)COP(=O)(O)OCCN. The molecule has 48 heavy (non-hydrogen) atoms. The second kappa shape index (κ2) is 37.2. The van der Waals surface area contributed by atoms with E-state index in [-0.39, 0.29) is 32.3 Å². The van der Waals surface area contributed by atoms with Gasteiger partial charge in [0, 0.05) is 19.6 Å². The molecule has 0 aromatic rings. The van der Waals surface area contributed by atoms with Crippen LogP contribution in [0.15, 0.2) is 24.3 Å². The average molecular weight is 702 g/mol. The zero-order valence-corrected chi connectivity index (χ0v) is 32.1. The lowest BCUT2D eigenvalue weighted by Gasteiger charge is -2.20. The van der Waals surface area contributed by atoms with Gasteiger partial charge in [-0.2, -0.15) is 0 Å². The zero-order valence-electron chi connectivity index (χ0n) is 31.2. The Kier molecular flexibility index (Phi) is 36.4. The van der Waals surface area contributed by atoms with E-state index in [2.05, 4.69) is 38.2 Å². The molecule has 0 heterocycles. The van der Waals surface area contributed by atoms with Crippen molar-refractivity contribution in [3.8, 4) is 0 Å². The van der Waals surface area contributed by atoms with Crippen LogP contribution in [-0.2, 0) is 27.9 Å². The fraction of sp³-hybridized carbons (Fsp3) is 0.872. The smallest absolute Gasteiger partial charge is 0.457 e. The highest BCUT2D eigenvalue weighted by molar-refractivity contribution is 7.47. The minimum Gasteiger partial charge on any atom is -0.457 e. The molecule has 9 heteroatoms. The van der Waals surface area contributed by atoms with Gasteiger partial charge in [-0.15, -0.1) is 0 Å². The Bertz CT molecular complexity index is 792. The molecule has 2 atom stereocenters. The van der Waals surface area contributed by atoms with E-state index in [9.17, 15) is 14.3 Å². The quantitative estimate of drug-likeness (QED) is 0.0283. The van der Waals surface area contributed by atoms with E-state index in [4.69, 9.17) is 24.3 Å². The lowest BCUT2D eigenvalue weighted by atomic mass is 10.0. The summed E-state index contributed by atoms with van der Waals surface area (Å²) in [4.78, 5) is 22.3. The molecule has 3 N–H and O–H groups in total. The molecule has 0 aromatic heterocycles. The molecule has 0 aromatic carbocycles. The molecule has 0 saturated carbocycles. The molecule has 2 unspecified atom stereocenters. The average Bonchev–Trinajstić information content (AvgIpc) is 3.07. The van der Waals surface area contributed by atoms with Crippen molar-refractivity contribution in [3.05, 3.63) is 24.3 Å². The van der Waals surface area contributed by atoms with Crippen molar-refractivity contribution in [2.45, 2.75) is 187 Å². The van der Waals surface area contributed by atoms with Crippen molar-refractivity contribution >= 4 is 13.8 Å². The first-order valence-corrected chi connectivity index (χ1v) is 21.3. The Labute approximate surface area is 296 Å². The van der Waals surface area contributed by atoms with Crippen LogP contribution in [0.3, 0.4) is 0 Å². The van der Waals surface area contributed by atoms with Gasteiger partial charge in [-0.05, 0) is 44.9 Å². The molecule has 284 valence electrons. The Morgan fingerprint density at radius 3 is 1.62 bits per heavy atom. The van der Waals surface area contributed by atoms with Gasteiger partial charge in [0.2, 0.25) is 0 Å². The van der Waals surface area contributed by atoms with Crippen LogP contribution in [-0.4, -0.2) is 49.9 Å². The summed E-state index contributed by atoms with van der Waals surface area (Å²) >= 11 is 0. The number of hydrogen-bond donors (Lipinski definition) is 2. The van der Waals surface area contributed by atoms with Gasteiger partial charge in [-0.25, -0.2) is 4.57 Å². The van der Waals surface area contributed by atoms with Crippen LogP contribution in [0.25, 0.3) is 0 Å². The normalized spacial score (nSPS) is 13.8. The third-order valence-corrected chi connectivity index (χ3v) is 9.36. The zero-order chi connectivity index (χ0) is 35.2. The summed E-state index contributed by atoms with van der Waals surface area (Å²) in [6, 6.07) is 0. The highest BCUT2D eigenvalue weighted by Gasteiger charge is 2.25. The minimum absolute atomic E-state index is 0.0945. The topological polar surface area (TPSA) is 117 Å². The maximum Gasteiger partial charge on any atom is 0.472 e. The predicted octanol–water partition coefficient (Wildman–Crippen LogP) is 11.3. The van der Waals surface area contributed by atoms with Crippen LogP contribution in [0.5, 0.6) is 0 Å². The van der Waals surface area contributed by atoms with Crippen molar-refractivity contribution in [1.82, 2.24) is 0 Å². The Morgan fingerprint density at radius 1 is 0.625 bits per heavy atom. The van der Waals surface area contributed by atoms with Crippen molar-refractivity contribution < 1.29 is 32.8 Å². The summed E-state index contributed by atoms with van der Waals surface area (Å²) < 4.78 is 33.1. The summed E-state index contributed by atoms with van der Waals surface area (Å²) in [6.45, 7) is 4.87. The van der Waals surface area contributed by atoms with Gasteiger partial charge in [-0.1, -0.05) is 154 Å². The van der Waals surface area contributed by atoms with E-state index >= 15 is 0 Å². The van der Waals surface area contributed by atoms with Crippen LogP contribution < -0.4 is 5.73 Å². The number of carbonyl (C=O) groups is 1. The molecular formula is C39H76NO7P. The van der Waals surface area contributed by atoms with Gasteiger partial charge in [0.15, 0.2) is 0 Å². The molecule has 0 bridgehead atoms. The first-order valence-electron chi connectivity index (χ1n) is 19.8. The fourth-order valence-corrected chi connectivity index (χ4v) is 6.20. The number of hydrogen-bond acceptors (Lipinski definition) is 7. The number of ether oxygens (including phenoxy) is 2. The molecule has 0 amide bonds. The summed E-state index contributed by atoms with van der Waals surface area (Å²) in [5.74, 6) is -0.335. The van der Waals surface area contributed by atoms with Crippen LogP contribution in [0.2, 0.25) is 0 Å². The molecule has 0 aliphatic heterocycles. The second-order valence-electron chi connectivity index (χ2n) is 13.1. The Balaban J connectivity index is 3.86. The molecule has 0 aliphatic rings. The van der Waals surface area contributed by atoms with E-state index < -0.39 is 13.9 Å². The van der Waals surface area contributed by atoms with Crippen LogP contribution in [0, 0.1) is 0 Å². The largest absolute Gasteiger partial charge is 0.472 e. The third kappa shape index (κ3) is 36.3. The van der Waals surface area contributed by atoms with Crippen LogP contribution in [0.1, 0.15) is 181 Å². The lowest BCUT2D eigenvalue weighted by Crippen LogP contribution is -2.28. The molecule has 0 saturated heterocycles. The van der Waals surface area contributed by atoms with Crippen LogP contribution >= 0.6 is 7.82 Å². The second-order valence-corrected chi connectivity index (χ2v) is 14.6. The van der Waals surface area contributed by atoms with Gasteiger partial charge in [0.1, 0.15) is 6.10 Å². The number of carbonyl (C=O) groups excluding carboxylic acids is 1. The molecule has 0 aliphatic carbocycles. The molecule has 8 nitrogen and oxygen atoms in total. The minimum atomic E-state index is -4.26. The lowest BCUT2D eigenvalue weighted by molar-refractivity contribution is -0.154. The molecule has 0 radical (unpaired) electrons. The first-order chi connectivity index (χ1) is 23.4. The molecular weight excluding hydrogens is 625 g/mol. The number of phosphoric acid groups is 1. The summed E-state index contributed by atoms with van der Waals surface area (Å²) in [7, 11) is -4.26. The Hall–Kier alpha value is -1.02. The van der Waals surface area contributed by atoms with Gasteiger partial charge >= 0.3 is 13.8 Å². The highest BCUT2D eigenvalue weighted by Crippen LogP contribution is 2.43. The van der Waals surface area contributed by atoms with Gasteiger partial charge in [-0.3, -0.25) is 13.8 Å². The highest BCUT2D eigenvalue weighted by atomic mass is 31.2. The van der Waals surface area contributed by atoms with Gasteiger partial charge < -0.3 is 20.1 Å². The standard InChI is InChI=1S/C39H76NO7P/c1-3-5-7-9-11-12-13-14-15-16-17-18-19-20-21-22-23-24-25-26-27-28-30-32-39(41)47-38(37-46-48(42,43)45-35-33-40)36-44-34-31-29-10-8-6-4-2/h13-14,16-17,38H,3-12,15,18-37,40H2,1-2H3,(H,42,43)/b14-13-,17-16-. The third-order valence-electron chi connectivity index (χ3n) is 8.37. The van der Waals surface area contributed by atoms with Crippen LogP contribution in [0.4, 0.5) is 0 Å². The molecule has 0 fully saturated rings.